The Balaban J connectivity index is 1.92. The molecule has 1 aliphatic rings. The number of aliphatic hydroxyl groups is 1. The van der Waals surface area contributed by atoms with E-state index in [-0.39, 0.29) is 0 Å². The van der Waals surface area contributed by atoms with Crippen LogP contribution in [0, 0.1) is 5.92 Å². The van der Waals surface area contributed by atoms with E-state index in [2.05, 4.69) is 22.2 Å². The number of anilines is 2. The predicted octanol–water partition coefficient (Wildman–Crippen LogP) is 1.41. The first-order valence-corrected chi connectivity index (χ1v) is 6.12. The number of nitrogens with one attached hydrogen (secondary N) is 1. The fraction of sp³-hybridized carbons (Fsp3) is 0.667. The number of nitrogens with two attached hydrogens (primary N) is 1. The van der Waals surface area contributed by atoms with Crippen molar-refractivity contribution in [1.29, 1.82) is 0 Å². The van der Waals surface area contributed by atoms with Crippen LogP contribution in [0.5, 0.6) is 0 Å². The lowest BCUT2D eigenvalue weighted by Crippen LogP contribution is -2.40. The van der Waals surface area contributed by atoms with E-state index in [0.29, 0.717) is 18.2 Å². The molecule has 0 spiro atoms. The highest BCUT2D eigenvalue weighted by Gasteiger charge is 2.31. The van der Waals surface area contributed by atoms with Crippen molar-refractivity contribution in [3.63, 3.8) is 0 Å². The molecule has 1 aromatic rings. The van der Waals surface area contributed by atoms with Gasteiger partial charge in [-0.1, -0.05) is 6.92 Å². The van der Waals surface area contributed by atoms with Crippen molar-refractivity contribution in [1.82, 2.24) is 9.97 Å². The molecule has 1 aliphatic carbocycles. The molecule has 1 aromatic heterocycles. The fourth-order valence-electron chi connectivity index (χ4n) is 2.21. The van der Waals surface area contributed by atoms with E-state index in [1.54, 1.807) is 12.4 Å². The Hall–Kier alpha value is -1.36. The molecule has 0 atom stereocenters. The summed E-state index contributed by atoms with van der Waals surface area (Å²) in [5.74, 6) is 1.65. The van der Waals surface area contributed by atoms with E-state index in [1.165, 1.54) is 0 Å². The van der Waals surface area contributed by atoms with Crippen LogP contribution in [-0.4, -0.2) is 27.2 Å². The van der Waals surface area contributed by atoms with Gasteiger partial charge in [-0.3, -0.25) is 0 Å². The standard InChI is InChI=1S/C12H20N4O/c1-9-2-4-12(17,5-3-9)8-16-11-10(13)14-6-7-15-11/h6-7,9,17H,2-5,8H2,1H3,(H2,13,14)(H,15,16). The van der Waals surface area contributed by atoms with Crippen LogP contribution in [0.25, 0.3) is 0 Å². The van der Waals surface area contributed by atoms with E-state index in [9.17, 15) is 5.11 Å². The van der Waals surface area contributed by atoms with Crippen molar-refractivity contribution < 1.29 is 5.11 Å². The molecule has 1 saturated carbocycles. The highest BCUT2D eigenvalue weighted by molar-refractivity contribution is 5.55. The molecule has 0 aliphatic heterocycles. The summed E-state index contributed by atoms with van der Waals surface area (Å²) in [5, 5.41) is 13.5. The van der Waals surface area contributed by atoms with Gasteiger partial charge in [-0.25, -0.2) is 9.97 Å². The Bertz CT molecular complexity index is 375. The number of aromatic nitrogens is 2. The van der Waals surface area contributed by atoms with Gasteiger partial charge in [0.15, 0.2) is 11.6 Å². The zero-order valence-electron chi connectivity index (χ0n) is 10.2. The van der Waals surface area contributed by atoms with Crippen molar-refractivity contribution in [3.8, 4) is 0 Å². The van der Waals surface area contributed by atoms with Gasteiger partial charge in [0, 0.05) is 18.9 Å². The van der Waals surface area contributed by atoms with Gasteiger partial charge in [-0.05, 0) is 31.6 Å². The minimum Gasteiger partial charge on any atom is -0.388 e. The molecule has 0 amide bonds. The van der Waals surface area contributed by atoms with Crippen LogP contribution in [0.1, 0.15) is 32.6 Å². The van der Waals surface area contributed by atoms with Gasteiger partial charge < -0.3 is 16.2 Å². The number of hydrogen-bond donors (Lipinski definition) is 3. The summed E-state index contributed by atoms with van der Waals surface area (Å²) in [4.78, 5) is 8.05. The smallest absolute Gasteiger partial charge is 0.169 e. The van der Waals surface area contributed by atoms with Crippen LogP contribution < -0.4 is 11.1 Å². The van der Waals surface area contributed by atoms with Crippen LogP contribution in [0.3, 0.4) is 0 Å². The summed E-state index contributed by atoms with van der Waals surface area (Å²) in [6, 6.07) is 0. The zero-order chi connectivity index (χ0) is 12.3. The third-order valence-electron chi connectivity index (χ3n) is 3.52. The zero-order valence-corrected chi connectivity index (χ0v) is 10.2. The van der Waals surface area contributed by atoms with Crippen LogP contribution in [0.15, 0.2) is 12.4 Å². The Morgan fingerprint density at radius 3 is 2.71 bits per heavy atom. The van der Waals surface area contributed by atoms with Crippen molar-refractivity contribution in [2.75, 3.05) is 17.6 Å². The molecule has 1 heterocycles. The van der Waals surface area contributed by atoms with Gasteiger partial charge in [0.25, 0.3) is 0 Å². The molecule has 0 bridgehead atoms. The maximum Gasteiger partial charge on any atom is 0.169 e. The Morgan fingerprint density at radius 2 is 2.06 bits per heavy atom. The largest absolute Gasteiger partial charge is 0.388 e. The van der Waals surface area contributed by atoms with Crippen molar-refractivity contribution in [2.45, 2.75) is 38.2 Å². The Labute approximate surface area is 101 Å². The molecule has 5 heteroatoms. The lowest BCUT2D eigenvalue weighted by Gasteiger charge is -2.35. The van der Waals surface area contributed by atoms with Gasteiger partial charge in [0.05, 0.1) is 5.60 Å². The molecule has 1 fully saturated rings. The molecule has 17 heavy (non-hydrogen) atoms. The van der Waals surface area contributed by atoms with Crippen molar-refractivity contribution in [3.05, 3.63) is 12.4 Å². The monoisotopic (exact) mass is 236 g/mol. The van der Waals surface area contributed by atoms with E-state index < -0.39 is 5.60 Å². The molecule has 0 saturated heterocycles. The summed E-state index contributed by atoms with van der Waals surface area (Å²) in [6.45, 7) is 2.72. The second-order valence-electron chi connectivity index (χ2n) is 5.05. The van der Waals surface area contributed by atoms with Gasteiger partial charge in [-0.2, -0.15) is 0 Å². The van der Waals surface area contributed by atoms with E-state index in [0.717, 1.165) is 31.6 Å². The average Bonchev–Trinajstić information content (AvgIpc) is 2.33. The summed E-state index contributed by atoms with van der Waals surface area (Å²) in [7, 11) is 0. The first kappa shape index (κ1) is 12.1. The molecule has 94 valence electrons. The number of nitrogen functional groups attached to an aromatic ring is 1. The second kappa shape index (κ2) is 4.87. The topological polar surface area (TPSA) is 84.1 Å². The van der Waals surface area contributed by atoms with E-state index >= 15 is 0 Å². The normalized spacial score (nSPS) is 28.9. The van der Waals surface area contributed by atoms with Gasteiger partial charge in [0.1, 0.15) is 0 Å². The molecule has 4 N–H and O–H groups in total. The van der Waals surface area contributed by atoms with Gasteiger partial charge in [0.2, 0.25) is 0 Å². The highest BCUT2D eigenvalue weighted by Crippen LogP contribution is 2.32. The first-order valence-electron chi connectivity index (χ1n) is 6.12. The maximum absolute atomic E-state index is 10.4. The summed E-state index contributed by atoms with van der Waals surface area (Å²) < 4.78 is 0. The van der Waals surface area contributed by atoms with Crippen molar-refractivity contribution in [2.24, 2.45) is 5.92 Å². The third kappa shape index (κ3) is 3.06. The quantitative estimate of drug-likeness (QED) is 0.739. The van der Waals surface area contributed by atoms with Crippen LogP contribution in [-0.2, 0) is 0 Å². The summed E-state index contributed by atoms with van der Waals surface area (Å²) in [5.41, 5.74) is 5.06. The first-order chi connectivity index (χ1) is 8.09. The minimum atomic E-state index is -0.629. The molecular weight excluding hydrogens is 216 g/mol. The maximum atomic E-state index is 10.4. The lowest BCUT2D eigenvalue weighted by atomic mass is 9.79. The van der Waals surface area contributed by atoms with Gasteiger partial charge >= 0.3 is 0 Å². The van der Waals surface area contributed by atoms with E-state index in [4.69, 9.17) is 5.73 Å². The third-order valence-corrected chi connectivity index (χ3v) is 3.52. The summed E-state index contributed by atoms with van der Waals surface area (Å²) in [6.07, 6.45) is 6.97. The lowest BCUT2D eigenvalue weighted by molar-refractivity contribution is 0.00496. The SMILES string of the molecule is CC1CCC(O)(CNc2nccnc2N)CC1. The van der Waals surface area contributed by atoms with E-state index in [1.807, 2.05) is 0 Å². The van der Waals surface area contributed by atoms with Crippen LogP contribution >= 0.6 is 0 Å². The molecule has 0 unspecified atom stereocenters. The minimum absolute atomic E-state index is 0.375. The van der Waals surface area contributed by atoms with Crippen LogP contribution in [0.2, 0.25) is 0 Å². The predicted molar refractivity (Wildman–Crippen MR) is 67.5 cm³/mol. The molecule has 0 aromatic carbocycles. The fourth-order valence-corrected chi connectivity index (χ4v) is 2.21. The molecular formula is C12H20N4O. The van der Waals surface area contributed by atoms with Gasteiger partial charge in [-0.15, -0.1) is 0 Å². The number of rotatable bonds is 3. The number of hydrogen-bond acceptors (Lipinski definition) is 5. The van der Waals surface area contributed by atoms with Crippen LogP contribution in [0.4, 0.5) is 11.6 Å². The second-order valence-corrected chi connectivity index (χ2v) is 5.05. The summed E-state index contributed by atoms with van der Waals surface area (Å²) >= 11 is 0. The number of nitrogens with zero attached hydrogens (tertiary/aromatic N) is 2. The molecule has 2 rings (SSSR count). The molecule has 0 radical (unpaired) electrons. The average molecular weight is 236 g/mol. The van der Waals surface area contributed by atoms with Crippen molar-refractivity contribution >= 4 is 11.6 Å². The molecule has 5 nitrogen and oxygen atoms in total. The Morgan fingerprint density at radius 1 is 1.41 bits per heavy atom. The Kier molecular flexibility index (Phi) is 3.47. The highest BCUT2D eigenvalue weighted by atomic mass is 16.3.